The highest BCUT2D eigenvalue weighted by molar-refractivity contribution is 7.99. The standard InChI is InChI=1S/C14H17N5O2S2/c1-4-23-14-17-16-9(2)19(14)18-13(22)15-12(20)10-7-5-6-8-11(10)21-3/h5-8H,4H2,1-3H3,(H2,15,18,20,22). The van der Waals surface area contributed by atoms with Crippen LogP contribution in [-0.2, 0) is 0 Å². The lowest BCUT2D eigenvalue weighted by Crippen LogP contribution is -2.38. The van der Waals surface area contributed by atoms with Crippen LogP contribution in [0.1, 0.15) is 23.1 Å². The van der Waals surface area contributed by atoms with Gasteiger partial charge in [-0.15, -0.1) is 10.2 Å². The van der Waals surface area contributed by atoms with Crippen LogP contribution in [0, 0.1) is 6.92 Å². The second-order valence-corrected chi connectivity index (χ2v) is 6.03. The van der Waals surface area contributed by atoms with Crippen molar-refractivity contribution in [2.75, 3.05) is 18.3 Å². The summed E-state index contributed by atoms with van der Waals surface area (Å²) in [5, 5.41) is 11.5. The Morgan fingerprint density at radius 1 is 1.39 bits per heavy atom. The zero-order valence-electron chi connectivity index (χ0n) is 13.0. The van der Waals surface area contributed by atoms with Gasteiger partial charge in [0.05, 0.1) is 12.7 Å². The van der Waals surface area contributed by atoms with Gasteiger partial charge in [0.15, 0.2) is 5.11 Å². The van der Waals surface area contributed by atoms with Crippen LogP contribution >= 0.6 is 24.0 Å². The van der Waals surface area contributed by atoms with Gasteiger partial charge in [-0.2, -0.15) is 0 Å². The Morgan fingerprint density at radius 3 is 2.83 bits per heavy atom. The maximum absolute atomic E-state index is 12.3. The number of nitrogens with zero attached hydrogens (tertiary/aromatic N) is 3. The Labute approximate surface area is 143 Å². The van der Waals surface area contributed by atoms with E-state index in [2.05, 4.69) is 20.9 Å². The van der Waals surface area contributed by atoms with E-state index in [1.165, 1.54) is 18.9 Å². The molecule has 2 aromatic rings. The highest BCUT2D eigenvalue weighted by Gasteiger charge is 2.15. The molecule has 0 fully saturated rings. The minimum Gasteiger partial charge on any atom is -0.496 e. The molecular formula is C14H17N5O2S2. The lowest BCUT2D eigenvalue weighted by Gasteiger charge is -2.13. The fraction of sp³-hybridized carbons (Fsp3) is 0.286. The number of thioether (sulfide) groups is 1. The van der Waals surface area contributed by atoms with E-state index in [9.17, 15) is 4.79 Å². The van der Waals surface area contributed by atoms with Gasteiger partial charge in [0.2, 0.25) is 5.16 Å². The average molecular weight is 351 g/mol. The Balaban J connectivity index is 2.08. The molecule has 23 heavy (non-hydrogen) atoms. The Hall–Kier alpha value is -2.13. The zero-order chi connectivity index (χ0) is 16.8. The van der Waals surface area contributed by atoms with E-state index in [-0.39, 0.29) is 11.0 Å². The first-order chi connectivity index (χ1) is 11.1. The second kappa shape index (κ2) is 7.93. The third-order valence-electron chi connectivity index (χ3n) is 2.86. The summed E-state index contributed by atoms with van der Waals surface area (Å²) in [5.74, 6) is 1.63. The third-order valence-corrected chi connectivity index (χ3v) is 3.87. The Kier molecular flexibility index (Phi) is 5.94. The number of benzene rings is 1. The molecule has 1 aromatic carbocycles. The Morgan fingerprint density at radius 2 is 2.13 bits per heavy atom. The molecule has 0 atom stereocenters. The van der Waals surface area contributed by atoms with Gasteiger partial charge in [0, 0.05) is 0 Å². The van der Waals surface area contributed by atoms with Crippen molar-refractivity contribution in [3.8, 4) is 5.75 Å². The van der Waals surface area contributed by atoms with Gasteiger partial charge in [-0.3, -0.25) is 15.5 Å². The maximum Gasteiger partial charge on any atom is 0.261 e. The van der Waals surface area contributed by atoms with Gasteiger partial charge < -0.3 is 4.74 Å². The zero-order valence-corrected chi connectivity index (χ0v) is 14.6. The van der Waals surface area contributed by atoms with Gasteiger partial charge in [0.25, 0.3) is 5.91 Å². The molecule has 7 nitrogen and oxygen atoms in total. The van der Waals surface area contributed by atoms with Crippen LogP contribution in [0.2, 0.25) is 0 Å². The minimum absolute atomic E-state index is 0.154. The van der Waals surface area contributed by atoms with Crippen molar-refractivity contribution in [3.05, 3.63) is 35.7 Å². The highest BCUT2D eigenvalue weighted by atomic mass is 32.2. The quantitative estimate of drug-likeness (QED) is 0.629. The van der Waals surface area contributed by atoms with Crippen molar-refractivity contribution in [2.24, 2.45) is 0 Å². The summed E-state index contributed by atoms with van der Waals surface area (Å²) in [6, 6.07) is 6.93. The van der Waals surface area contributed by atoms with Crippen LogP contribution in [0.4, 0.5) is 0 Å². The minimum atomic E-state index is -0.352. The second-order valence-electron chi connectivity index (χ2n) is 4.39. The van der Waals surface area contributed by atoms with Crippen LogP contribution in [0.25, 0.3) is 0 Å². The van der Waals surface area contributed by atoms with E-state index in [1.807, 2.05) is 6.92 Å². The molecule has 0 aliphatic heterocycles. The summed E-state index contributed by atoms with van der Waals surface area (Å²) >= 11 is 6.71. The Bertz CT molecular complexity index is 717. The molecule has 2 rings (SSSR count). The summed E-state index contributed by atoms with van der Waals surface area (Å²) < 4.78 is 6.81. The van der Waals surface area contributed by atoms with E-state index in [1.54, 1.807) is 35.9 Å². The van der Waals surface area contributed by atoms with Gasteiger partial charge >= 0.3 is 0 Å². The fourth-order valence-electron chi connectivity index (χ4n) is 1.83. The number of amides is 1. The van der Waals surface area contributed by atoms with Crippen molar-refractivity contribution in [1.82, 2.24) is 20.2 Å². The molecule has 0 unspecified atom stereocenters. The summed E-state index contributed by atoms with van der Waals surface area (Å²) in [7, 11) is 1.51. The molecule has 0 spiro atoms. The van der Waals surface area contributed by atoms with Gasteiger partial charge in [-0.1, -0.05) is 30.8 Å². The van der Waals surface area contributed by atoms with E-state index in [0.29, 0.717) is 22.3 Å². The predicted molar refractivity (Wildman–Crippen MR) is 93.6 cm³/mol. The molecule has 0 saturated heterocycles. The molecule has 1 amide bonds. The first-order valence-electron chi connectivity index (χ1n) is 6.87. The fourth-order valence-corrected chi connectivity index (χ4v) is 2.67. The molecule has 1 heterocycles. The number of thiocarbonyl (C=S) groups is 1. The predicted octanol–water partition coefficient (Wildman–Crippen LogP) is 1.97. The molecule has 9 heteroatoms. The molecule has 2 N–H and O–H groups in total. The molecule has 0 bridgehead atoms. The van der Waals surface area contributed by atoms with Crippen LogP contribution in [0.3, 0.4) is 0 Å². The topological polar surface area (TPSA) is 81.1 Å². The first-order valence-corrected chi connectivity index (χ1v) is 8.26. The van der Waals surface area contributed by atoms with Gasteiger partial charge in [0.1, 0.15) is 11.6 Å². The lowest BCUT2D eigenvalue weighted by atomic mass is 10.2. The number of rotatable bonds is 5. The largest absolute Gasteiger partial charge is 0.496 e. The molecule has 122 valence electrons. The lowest BCUT2D eigenvalue weighted by molar-refractivity contribution is 0.0974. The number of nitrogens with one attached hydrogen (secondary N) is 2. The molecule has 0 radical (unpaired) electrons. The van der Waals surface area contributed by atoms with Crippen LogP contribution in [-0.4, -0.2) is 38.8 Å². The van der Waals surface area contributed by atoms with Crippen molar-refractivity contribution < 1.29 is 9.53 Å². The smallest absolute Gasteiger partial charge is 0.261 e. The number of para-hydroxylation sites is 1. The average Bonchev–Trinajstić information content (AvgIpc) is 2.88. The van der Waals surface area contributed by atoms with Gasteiger partial charge in [-0.25, -0.2) is 4.68 Å². The highest BCUT2D eigenvalue weighted by Crippen LogP contribution is 2.17. The van der Waals surface area contributed by atoms with E-state index < -0.39 is 0 Å². The molecule has 0 saturated carbocycles. The van der Waals surface area contributed by atoms with Crippen molar-refractivity contribution >= 4 is 35.0 Å². The molecule has 0 aliphatic carbocycles. The molecular weight excluding hydrogens is 334 g/mol. The number of hydrogen-bond donors (Lipinski definition) is 2. The molecule has 1 aromatic heterocycles. The first kappa shape index (κ1) is 17.2. The van der Waals surface area contributed by atoms with E-state index in [0.717, 1.165) is 5.75 Å². The number of carbonyl (C=O) groups excluding carboxylic acids is 1. The molecule has 0 aliphatic rings. The summed E-state index contributed by atoms with van der Waals surface area (Å²) in [5.41, 5.74) is 3.32. The number of hydrogen-bond acceptors (Lipinski definition) is 6. The number of methoxy groups -OCH3 is 1. The number of aryl methyl sites for hydroxylation is 1. The normalized spacial score (nSPS) is 10.2. The maximum atomic E-state index is 12.3. The van der Waals surface area contributed by atoms with E-state index >= 15 is 0 Å². The van der Waals surface area contributed by atoms with Crippen LogP contribution in [0.5, 0.6) is 5.75 Å². The van der Waals surface area contributed by atoms with Crippen molar-refractivity contribution in [1.29, 1.82) is 0 Å². The summed E-state index contributed by atoms with van der Waals surface area (Å²) in [6.45, 7) is 3.81. The van der Waals surface area contributed by atoms with Crippen molar-refractivity contribution in [2.45, 2.75) is 19.0 Å². The summed E-state index contributed by atoms with van der Waals surface area (Å²) in [4.78, 5) is 12.3. The van der Waals surface area contributed by atoms with Crippen molar-refractivity contribution in [3.63, 3.8) is 0 Å². The van der Waals surface area contributed by atoms with E-state index in [4.69, 9.17) is 17.0 Å². The summed E-state index contributed by atoms with van der Waals surface area (Å²) in [6.07, 6.45) is 0. The SMILES string of the molecule is CCSc1nnc(C)n1NC(=S)NC(=O)c1ccccc1OC. The van der Waals surface area contributed by atoms with Crippen LogP contribution < -0.4 is 15.5 Å². The van der Waals surface area contributed by atoms with Gasteiger partial charge in [-0.05, 0) is 37.0 Å². The number of ether oxygens (including phenoxy) is 1. The monoisotopic (exact) mass is 351 g/mol. The number of carbonyl (C=O) groups is 1. The van der Waals surface area contributed by atoms with Crippen LogP contribution in [0.15, 0.2) is 29.4 Å². The third kappa shape index (κ3) is 4.20. The number of aromatic nitrogens is 3.